The number of carboxylic acids is 4. The van der Waals surface area contributed by atoms with Crippen molar-refractivity contribution in [2.45, 2.75) is 44.9 Å². The molecule has 3 aliphatic heterocycles. The lowest BCUT2D eigenvalue weighted by atomic mass is 9.95. The molecule has 2 fully saturated rings. The number of halogens is 2. The molecule has 2 aromatic carbocycles. The molecule has 4 amide bonds. The molecule has 7 N–H and O–H groups in total. The minimum absolute atomic E-state index is 0.00374. The fraction of sp³-hybridized carbons (Fsp3) is 0.462. The van der Waals surface area contributed by atoms with E-state index in [0.29, 0.717) is 46.1 Å². The normalized spacial score (nSPS) is 16.8. The van der Waals surface area contributed by atoms with Gasteiger partial charge in [-0.05, 0) is 44.5 Å². The van der Waals surface area contributed by atoms with Gasteiger partial charge in [-0.3, -0.25) is 58.1 Å². The van der Waals surface area contributed by atoms with Gasteiger partial charge in [0.05, 0.1) is 81.9 Å². The van der Waals surface area contributed by atoms with Crippen LogP contribution in [-0.4, -0.2) is 231 Å². The first-order chi connectivity index (χ1) is 38.1. The van der Waals surface area contributed by atoms with Crippen molar-refractivity contribution in [3.05, 3.63) is 71.7 Å². The van der Waals surface area contributed by atoms with Crippen molar-refractivity contribution in [3.8, 4) is 39.6 Å². The number of aromatic nitrogens is 3. The molecule has 3 aliphatic rings. The number of carboxylic acid groups (broad SMARTS) is 4. The monoisotopic (exact) mass is 1120 g/mol. The van der Waals surface area contributed by atoms with Crippen molar-refractivity contribution in [2.24, 2.45) is 0 Å². The number of methoxy groups -OCH3 is 1. The van der Waals surface area contributed by atoms with Crippen LogP contribution in [0.3, 0.4) is 0 Å². The molecule has 0 saturated carbocycles. The molecule has 0 radical (unpaired) electrons. The lowest BCUT2D eigenvalue weighted by molar-refractivity contribution is -0.142. The molecule has 1 atom stereocenters. The number of ether oxygens (including phenoxy) is 3. The number of morpholine rings is 1. The molecule has 0 spiro atoms. The average molecular weight is 1120 g/mol. The summed E-state index contributed by atoms with van der Waals surface area (Å²) < 4.78 is 48.5. The summed E-state index contributed by atoms with van der Waals surface area (Å²) >= 11 is 0. The van der Waals surface area contributed by atoms with E-state index in [0.717, 1.165) is 18.2 Å². The summed E-state index contributed by atoms with van der Waals surface area (Å²) in [7, 11) is 1.43. The number of aliphatic carboxylic acids is 4. The second kappa shape index (κ2) is 26.6. The number of fused-ring (bicyclic) bond motifs is 3. The summed E-state index contributed by atoms with van der Waals surface area (Å²) in [4.78, 5) is 113. The van der Waals surface area contributed by atoms with Gasteiger partial charge in [-0.25, -0.2) is 18.3 Å². The zero-order chi connectivity index (χ0) is 57.8. The van der Waals surface area contributed by atoms with Gasteiger partial charge >= 0.3 is 23.9 Å². The molecule has 0 bridgehead atoms. The van der Waals surface area contributed by atoms with Gasteiger partial charge in [0.2, 0.25) is 17.7 Å². The molecule has 2 aromatic heterocycles. The summed E-state index contributed by atoms with van der Waals surface area (Å²) in [6, 6.07) is 6.22. The molecule has 28 heteroatoms. The summed E-state index contributed by atoms with van der Waals surface area (Å²) in [5.74, 6) is -8.51. The highest BCUT2D eigenvalue weighted by atomic mass is 19.1. The Morgan fingerprint density at radius 3 is 1.86 bits per heavy atom. The van der Waals surface area contributed by atoms with Crippen LogP contribution in [-0.2, 0) is 44.9 Å². The Bertz CT molecular complexity index is 2940. The van der Waals surface area contributed by atoms with Gasteiger partial charge in [0.25, 0.3) is 5.91 Å². The number of rotatable bonds is 20. The maximum absolute atomic E-state index is 14.8. The smallest absolute Gasteiger partial charge is 0.326 e. The second-order valence-corrected chi connectivity index (χ2v) is 19.9. The zero-order valence-electron chi connectivity index (χ0n) is 44.2. The maximum Gasteiger partial charge on any atom is 0.326 e. The van der Waals surface area contributed by atoms with Crippen LogP contribution < -0.4 is 25.4 Å². The van der Waals surface area contributed by atoms with Crippen molar-refractivity contribution in [1.82, 2.24) is 49.9 Å². The van der Waals surface area contributed by atoms with E-state index < -0.39 is 83.7 Å². The van der Waals surface area contributed by atoms with E-state index in [2.05, 4.69) is 26.0 Å². The van der Waals surface area contributed by atoms with Crippen molar-refractivity contribution in [1.29, 1.82) is 0 Å². The van der Waals surface area contributed by atoms with Crippen LogP contribution in [0.15, 0.2) is 48.8 Å². The van der Waals surface area contributed by atoms with Gasteiger partial charge in [-0.1, -0.05) is 0 Å². The first kappa shape index (κ1) is 59.5. The Labute approximate surface area is 457 Å². The molecule has 5 heterocycles. The Kier molecular flexibility index (Phi) is 19.8. The van der Waals surface area contributed by atoms with Crippen molar-refractivity contribution in [2.75, 3.05) is 117 Å². The second-order valence-electron chi connectivity index (χ2n) is 19.9. The Balaban J connectivity index is 0.992. The topological polar surface area (TPSA) is 328 Å². The highest BCUT2D eigenvalue weighted by Crippen LogP contribution is 2.46. The van der Waals surface area contributed by atoms with E-state index in [1.54, 1.807) is 42.7 Å². The molecule has 430 valence electrons. The predicted molar refractivity (Wildman–Crippen MR) is 278 cm³/mol. The largest absolute Gasteiger partial charge is 0.496 e. The number of hydrogen-bond acceptors (Lipinski definition) is 17. The number of hydrogen-bond donors (Lipinski definition) is 7. The van der Waals surface area contributed by atoms with E-state index in [-0.39, 0.29) is 122 Å². The number of benzene rings is 2. The number of nitrogens with zero attached hydrogens (tertiary/aromatic N) is 8. The zero-order valence-corrected chi connectivity index (χ0v) is 44.2. The van der Waals surface area contributed by atoms with Gasteiger partial charge in [-0.2, -0.15) is 5.10 Å². The molecule has 26 nitrogen and oxygen atoms in total. The summed E-state index contributed by atoms with van der Waals surface area (Å²) in [5.41, 5.74) is 1.44. The Morgan fingerprint density at radius 2 is 1.31 bits per heavy atom. The molecule has 7 rings (SSSR count). The highest BCUT2D eigenvalue weighted by molar-refractivity contribution is 5.98. The van der Waals surface area contributed by atoms with Crippen LogP contribution >= 0.6 is 0 Å². The van der Waals surface area contributed by atoms with Gasteiger partial charge in [0, 0.05) is 106 Å². The molecule has 80 heavy (non-hydrogen) atoms. The van der Waals surface area contributed by atoms with Crippen LogP contribution in [0.5, 0.6) is 11.5 Å². The fourth-order valence-corrected chi connectivity index (χ4v) is 9.55. The molecule has 2 saturated heterocycles. The number of carbonyl (C=O) groups excluding carboxylic acids is 4. The number of carbonyl (C=O) groups is 8. The molecule has 0 unspecified atom stereocenters. The minimum Gasteiger partial charge on any atom is -0.496 e. The average Bonchev–Trinajstić information content (AvgIpc) is 3.90. The number of amides is 4. The number of nitrogens with one attached hydrogen (secondary N) is 3. The molecular weight excluding hydrogens is 1060 g/mol. The van der Waals surface area contributed by atoms with Crippen molar-refractivity contribution >= 4 is 53.2 Å². The lowest BCUT2D eigenvalue weighted by Crippen LogP contribution is -2.55. The standard InChI is InChI=1S/C52H63F2N11O15/c1-52(2)30-79-15-14-64(52)50(75)48-38-29-80-41-21-40(78-3)36(20-37(41)49(38)65(59-48)35-18-32(53)17-33(54)19-35)31-16-34(23-55-22-31)57-43(67)24-56-42(66)5-4-39(51(76)77)58-44(68)25-60-6-8-61(26-45(69)70)10-12-63(28-47(73)74)13-11-62(9-7-60)27-46(71)72/h16-23,39H,4-15,24-30H2,1-3H3,(H,56,66)(H,57,67)(H,58,68)(H,69,70)(H,71,72)(H,73,74)(H,76,77)/t39-/m0/s1. The molecule has 4 aromatic rings. The third-order valence-electron chi connectivity index (χ3n) is 13.5. The van der Waals surface area contributed by atoms with E-state index in [9.17, 15) is 67.6 Å². The van der Waals surface area contributed by atoms with Crippen LogP contribution in [0, 0.1) is 11.6 Å². The molecular formula is C52H63F2N11O15. The van der Waals surface area contributed by atoms with E-state index in [1.165, 1.54) is 24.2 Å². The molecule has 0 aliphatic carbocycles. The van der Waals surface area contributed by atoms with Gasteiger partial charge in [0.15, 0.2) is 5.69 Å². The number of anilines is 1. The number of pyridine rings is 1. The van der Waals surface area contributed by atoms with Crippen molar-refractivity contribution < 1.29 is 81.8 Å². The van der Waals surface area contributed by atoms with Crippen LogP contribution in [0.2, 0.25) is 0 Å². The van der Waals surface area contributed by atoms with E-state index in [1.807, 2.05) is 13.8 Å². The van der Waals surface area contributed by atoms with Gasteiger partial charge in [0.1, 0.15) is 35.8 Å². The van der Waals surface area contributed by atoms with Crippen LogP contribution in [0.4, 0.5) is 14.5 Å². The summed E-state index contributed by atoms with van der Waals surface area (Å²) in [5, 5.41) is 50.6. The van der Waals surface area contributed by atoms with Gasteiger partial charge in [-0.15, -0.1) is 0 Å². The SMILES string of the molecule is COc1cc2c(cc1-c1cncc(NC(=O)CNC(=O)CC[C@H](NC(=O)CN3CCN(CC(=O)O)CCN(CC(=O)O)CCN(CC(=O)O)CC3)C(=O)O)c1)-c1c(c(C(=O)N3CCOCC3(C)C)nn1-c1cc(F)cc(F)c1)CO2. The third-order valence-corrected chi connectivity index (χ3v) is 13.5. The third kappa shape index (κ3) is 15.8. The van der Waals surface area contributed by atoms with Crippen molar-refractivity contribution in [3.63, 3.8) is 0 Å². The fourth-order valence-electron chi connectivity index (χ4n) is 9.55. The highest BCUT2D eigenvalue weighted by Gasteiger charge is 2.40. The minimum atomic E-state index is -1.54. The first-order valence-corrected chi connectivity index (χ1v) is 25.5. The lowest BCUT2D eigenvalue weighted by Gasteiger charge is -2.41. The predicted octanol–water partition coefficient (Wildman–Crippen LogP) is 0.911. The van der Waals surface area contributed by atoms with Crippen LogP contribution in [0.25, 0.3) is 28.1 Å². The Morgan fingerprint density at radius 1 is 0.725 bits per heavy atom. The summed E-state index contributed by atoms with van der Waals surface area (Å²) in [6.45, 7) is 3.52. The first-order valence-electron chi connectivity index (χ1n) is 25.5. The summed E-state index contributed by atoms with van der Waals surface area (Å²) in [6.07, 6.45) is 2.05. The maximum atomic E-state index is 14.8. The van der Waals surface area contributed by atoms with E-state index in [4.69, 9.17) is 14.2 Å². The quantitative estimate of drug-likeness (QED) is 0.0647. The van der Waals surface area contributed by atoms with E-state index >= 15 is 0 Å². The van der Waals surface area contributed by atoms with Gasteiger partial charge < -0.3 is 55.5 Å². The van der Waals surface area contributed by atoms with Crippen LogP contribution in [0.1, 0.15) is 42.7 Å². The Hall–Kier alpha value is -8.18.